The Bertz CT molecular complexity index is 1200. The van der Waals surface area contributed by atoms with Gasteiger partial charge in [-0.2, -0.15) is 0 Å². The van der Waals surface area contributed by atoms with Gasteiger partial charge in [0.2, 0.25) is 0 Å². The van der Waals surface area contributed by atoms with E-state index in [-0.39, 0.29) is 29.1 Å². The number of carbonyl (C=O) groups excluding carboxylic acids is 2. The third-order valence-corrected chi connectivity index (χ3v) is 5.33. The predicted molar refractivity (Wildman–Crippen MR) is 125 cm³/mol. The van der Waals surface area contributed by atoms with Crippen LogP contribution < -0.4 is 5.32 Å². The zero-order valence-corrected chi connectivity index (χ0v) is 19.2. The van der Waals surface area contributed by atoms with E-state index >= 15 is 0 Å². The van der Waals surface area contributed by atoms with Gasteiger partial charge < -0.3 is 15.1 Å². The Morgan fingerprint density at radius 3 is 2.29 bits per heavy atom. The van der Waals surface area contributed by atoms with E-state index in [1.54, 1.807) is 25.1 Å². The number of nitrogens with zero attached hydrogens (tertiary/aromatic N) is 2. The molecule has 0 spiro atoms. The number of anilines is 1. The van der Waals surface area contributed by atoms with Gasteiger partial charge in [-0.05, 0) is 56.9 Å². The molecule has 0 aliphatic rings. The molecule has 5 nitrogen and oxygen atoms in total. The topological polar surface area (TPSA) is 52.7 Å². The van der Waals surface area contributed by atoms with Gasteiger partial charge >= 0.3 is 0 Å². The van der Waals surface area contributed by atoms with Crippen molar-refractivity contribution in [1.29, 1.82) is 0 Å². The molecule has 2 amide bonds. The SMILES string of the molecule is Cc1ccc(C(=O)N(CCN(C)C)Cc2ccc(F)cc2F)cc1NC(=O)c1ccccc1F. The lowest BCUT2D eigenvalue weighted by molar-refractivity contribution is 0.0730. The summed E-state index contributed by atoms with van der Waals surface area (Å²) in [5.41, 5.74) is 1.40. The molecule has 0 unspecified atom stereocenters. The van der Waals surface area contributed by atoms with Crippen molar-refractivity contribution in [2.45, 2.75) is 13.5 Å². The van der Waals surface area contributed by atoms with Crippen LogP contribution in [-0.4, -0.2) is 48.8 Å². The molecule has 3 aromatic rings. The highest BCUT2D eigenvalue weighted by Crippen LogP contribution is 2.21. The smallest absolute Gasteiger partial charge is 0.258 e. The number of carbonyl (C=O) groups is 2. The molecule has 0 radical (unpaired) electrons. The number of nitrogens with one attached hydrogen (secondary N) is 1. The Kier molecular flexibility index (Phi) is 8.07. The maximum absolute atomic E-state index is 14.3. The van der Waals surface area contributed by atoms with E-state index in [1.807, 2.05) is 19.0 Å². The van der Waals surface area contributed by atoms with Crippen molar-refractivity contribution in [1.82, 2.24) is 9.80 Å². The van der Waals surface area contributed by atoms with Crippen LogP contribution >= 0.6 is 0 Å². The van der Waals surface area contributed by atoms with Crippen LogP contribution in [0.5, 0.6) is 0 Å². The highest BCUT2D eigenvalue weighted by atomic mass is 19.1. The highest BCUT2D eigenvalue weighted by molar-refractivity contribution is 6.05. The molecule has 0 bridgehead atoms. The lowest BCUT2D eigenvalue weighted by Crippen LogP contribution is -2.36. The summed E-state index contributed by atoms with van der Waals surface area (Å²) in [6.45, 7) is 2.53. The van der Waals surface area contributed by atoms with E-state index in [0.29, 0.717) is 24.3 Å². The molecule has 0 fully saturated rings. The maximum Gasteiger partial charge on any atom is 0.258 e. The summed E-state index contributed by atoms with van der Waals surface area (Å²) >= 11 is 0. The molecule has 0 heterocycles. The fourth-order valence-corrected chi connectivity index (χ4v) is 3.34. The zero-order chi connectivity index (χ0) is 24.8. The van der Waals surface area contributed by atoms with E-state index in [1.165, 1.54) is 35.2 Å². The standard InChI is InChI=1S/C26H26F3N3O2/c1-17-8-9-18(14-24(17)30-25(33)21-6-4-5-7-22(21)28)26(34)32(13-12-31(2)3)16-19-10-11-20(27)15-23(19)29/h4-11,14-15H,12-13,16H2,1-3H3,(H,30,33). The number of aryl methyl sites for hydroxylation is 1. The van der Waals surface area contributed by atoms with Crippen LogP contribution in [0.4, 0.5) is 18.9 Å². The molecule has 0 aliphatic heterocycles. The molecule has 0 atom stereocenters. The third kappa shape index (κ3) is 6.23. The second-order valence-electron chi connectivity index (χ2n) is 8.23. The molecule has 3 rings (SSSR count). The number of amides is 2. The Hall–Kier alpha value is -3.65. The van der Waals surface area contributed by atoms with Crippen molar-refractivity contribution >= 4 is 17.5 Å². The molecule has 0 saturated heterocycles. The first kappa shape index (κ1) is 25.0. The Labute approximate surface area is 196 Å². The number of hydrogen-bond donors (Lipinski definition) is 1. The average Bonchev–Trinajstić information content (AvgIpc) is 2.79. The third-order valence-electron chi connectivity index (χ3n) is 5.33. The first-order chi connectivity index (χ1) is 16.2. The Morgan fingerprint density at radius 1 is 0.882 bits per heavy atom. The second kappa shape index (κ2) is 11.0. The number of hydrogen-bond acceptors (Lipinski definition) is 3. The minimum atomic E-state index is -0.732. The zero-order valence-electron chi connectivity index (χ0n) is 19.2. The van der Waals surface area contributed by atoms with Crippen LogP contribution in [0, 0.1) is 24.4 Å². The molecule has 0 saturated carbocycles. The first-order valence-electron chi connectivity index (χ1n) is 10.7. The summed E-state index contributed by atoms with van der Waals surface area (Å²) in [6, 6.07) is 13.7. The minimum absolute atomic E-state index is 0.0520. The van der Waals surface area contributed by atoms with Gasteiger partial charge in [0, 0.05) is 42.5 Å². The predicted octanol–water partition coefficient (Wildman–Crippen LogP) is 4.87. The van der Waals surface area contributed by atoms with E-state index in [4.69, 9.17) is 0 Å². The van der Waals surface area contributed by atoms with Crippen LogP contribution in [0.25, 0.3) is 0 Å². The molecule has 0 aromatic heterocycles. The molecule has 178 valence electrons. The quantitative estimate of drug-likeness (QED) is 0.512. The van der Waals surface area contributed by atoms with Crippen molar-refractivity contribution in [2.24, 2.45) is 0 Å². The summed E-state index contributed by atoms with van der Waals surface area (Å²) in [7, 11) is 3.70. The van der Waals surface area contributed by atoms with Crippen molar-refractivity contribution < 1.29 is 22.8 Å². The van der Waals surface area contributed by atoms with Gasteiger partial charge in [0.05, 0.1) is 5.56 Å². The Balaban J connectivity index is 1.87. The van der Waals surface area contributed by atoms with Crippen LogP contribution in [-0.2, 0) is 6.54 Å². The number of halogens is 3. The van der Waals surface area contributed by atoms with Gasteiger partial charge in [-0.3, -0.25) is 9.59 Å². The largest absolute Gasteiger partial charge is 0.333 e. The van der Waals surface area contributed by atoms with Crippen LogP contribution in [0.15, 0.2) is 60.7 Å². The van der Waals surface area contributed by atoms with Gasteiger partial charge in [0.15, 0.2) is 0 Å². The lowest BCUT2D eigenvalue weighted by atomic mass is 10.1. The van der Waals surface area contributed by atoms with Crippen LogP contribution in [0.3, 0.4) is 0 Å². The van der Waals surface area contributed by atoms with Crippen molar-refractivity contribution in [3.63, 3.8) is 0 Å². The van der Waals surface area contributed by atoms with E-state index in [2.05, 4.69) is 5.32 Å². The first-order valence-corrected chi connectivity index (χ1v) is 10.7. The number of likely N-dealkylation sites (N-methyl/N-ethyl adjacent to an activating group) is 1. The van der Waals surface area contributed by atoms with Crippen molar-refractivity contribution in [2.75, 3.05) is 32.5 Å². The van der Waals surface area contributed by atoms with E-state index in [0.717, 1.165) is 12.1 Å². The molecular weight excluding hydrogens is 443 g/mol. The van der Waals surface area contributed by atoms with Crippen LogP contribution in [0.1, 0.15) is 31.8 Å². The maximum atomic E-state index is 14.3. The molecular formula is C26H26F3N3O2. The Morgan fingerprint density at radius 2 is 1.62 bits per heavy atom. The lowest BCUT2D eigenvalue weighted by Gasteiger charge is -2.25. The van der Waals surface area contributed by atoms with Gasteiger partial charge in [0.25, 0.3) is 11.8 Å². The van der Waals surface area contributed by atoms with Gasteiger partial charge in [-0.25, -0.2) is 13.2 Å². The number of rotatable bonds is 8. The highest BCUT2D eigenvalue weighted by Gasteiger charge is 2.20. The fourth-order valence-electron chi connectivity index (χ4n) is 3.34. The fraction of sp³-hybridized carbons (Fsp3) is 0.231. The van der Waals surface area contributed by atoms with Gasteiger partial charge in [-0.1, -0.05) is 24.3 Å². The molecule has 34 heavy (non-hydrogen) atoms. The van der Waals surface area contributed by atoms with E-state index in [9.17, 15) is 22.8 Å². The average molecular weight is 470 g/mol. The second-order valence-corrected chi connectivity index (χ2v) is 8.23. The van der Waals surface area contributed by atoms with Gasteiger partial charge in [0.1, 0.15) is 17.5 Å². The normalized spacial score (nSPS) is 10.9. The summed E-state index contributed by atoms with van der Waals surface area (Å²) in [5, 5.41) is 2.66. The number of benzene rings is 3. The molecule has 1 N–H and O–H groups in total. The van der Waals surface area contributed by atoms with Crippen molar-refractivity contribution in [3.8, 4) is 0 Å². The van der Waals surface area contributed by atoms with Crippen LogP contribution in [0.2, 0.25) is 0 Å². The summed E-state index contributed by atoms with van der Waals surface area (Å²) < 4.78 is 41.6. The van der Waals surface area contributed by atoms with E-state index < -0.39 is 23.4 Å². The summed E-state index contributed by atoms with van der Waals surface area (Å²) in [5.74, 6) is -3.10. The van der Waals surface area contributed by atoms with Gasteiger partial charge in [-0.15, -0.1) is 0 Å². The molecule has 0 aliphatic carbocycles. The minimum Gasteiger partial charge on any atom is -0.333 e. The molecule has 3 aromatic carbocycles. The summed E-state index contributed by atoms with van der Waals surface area (Å²) in [4.78, 5) is 29.3. The summed E-state index contributed by atoms with van der Waals surface area (Å²) in [6.07, 6.45) is 0. The molecule has 8 heteroatoms. The van der Waals surface area contributed by atoms with Crippen molar-refractivity contribution in [3.05, 3.63) is 100 Å². The monoisotopic (exact) mass is 469 g/mol.